The molecule has 2 aromatic carbocycles. The maximum atomic E-state index is 5.73. The van der Waals surface area contributed by atoms with Gasteiger partial charge in [-0.3, -0.25) is 0 Å². The standard InChI is InChI=1S/C19H22BrNO4/c1-3-6-23-19-9-15(20)14(8-17(19)22-2)11-21-10-13-4-5-16-18(7-13)25-12-24-16/h4-5,7-9,21H,3,6,10-12H2,1-2H3. The number of fused-ring (bicyclic) bond motifs is 1. The maximum Gasteiger partial charge on any atom is 0.231 e. The molecule has 6 heteroatoms. The van der Waals surface area contributed by atoms with Gasteiger partial charge >= 0.3 is 0 Å². The molecule has 1 N–H and O–H groups in total. The minimum atomic E-state index is 0.297. The summed E-state index contributed by atoms with van der Waals surface area (Å²) >= 11 is 3.62. The van der Waals surface area contributed by atoms with E-state index in [0.717, 1.165) is 51.6 Å². The molecule has 0 unspecified atom stereocenters. The van der Waals surface area contributed by atoms with Crippen LogP contribution in [0.2, 0.25) is 0 Å². The van der Waals surface area contributed by atoms with Crippen molar-refractivity contribution in [2.24, 2.45) is 0 Å². The van der Waals surface area contributed by atoms with Gasteiger partial charge in [-0.25, -0.2) is 0 Å². The van der Waals surface area contributed by atoms with Crippen molar-refractivity contribution in [2.75, 3.05) is 20.5 Å². The summed E-state index contributed by atoms with van der Waals surface area (Å²) in [7, 11) is 1.66. The highest BCUT2D eigenvalue weighted by atomic mass is 79.9. The van der Waals surface area contributed by atoms with Crippen LogP contribution in [0.3, 0.4) is 0 Å². The van der Waals surface area contributed by atoms with Crippen LogP contribution in [0.25, 0.3) is 0 Å². The van der Waals surface area contributed by atoms with E-state index in [1.807, 2.05) is 30.3 Å². The molecule has 0 aliphatic carbocycles. The third kappa shape index (κ3) is 4.38. The van der Waals surface area contributed by atoms with Crippen molar-refractivity contribution in [2.45, 2.75) is 26.4 Å². The Balaban J connectivity index is 1.62. The molecular weight excluding hydrogens is 386 g/mol. The number of benzene rings is 2. The van der Waals surface area contributed by atoms with E-state index < -0.39 is 0 Å². The first-order valence-electron chi connectivity index (χ1n) is 8.29. The molecule has 0 amide bonds. The lowest BCUT2D eigenvalue weighted by Gasteiger charge is -2.14. The van der Waals surface area contributed by atoms with Gasteiger partial charge in [0.2, 0.25) is 6.79 Å². The number of halogens is 1. The SMILES string of the molecule is CCCOc1cc(Br)c(CNCc2ccc3c(c2)OCO3)cc1OC. The Morgan fingerprint density at radius 1 is 1.08 bits per heavy atom. The van der Waals surface area contributed by atoms with Gasteiger partial charge < -0.3 is 24.3 Å². The minimum absolute atomic E-state index is 0.297. The molecule has 0 spiro atoms. The number of hydrogen-bond acceptors (Lipinski definition) is 5. The highest BCUT2D eigenvalue weighted by Gasteiger charge is 2.13. The number of methoxy groups -OCH3 is 1. The van der Waals surface area contributed by atoms with Crippen molar-refractivity contribution in [1.29, 1.82) is 0 Å². The Labute approximate surface area is 156 Å². The molecule has 1 aliphatic rings. The van der Waals surface area contributed by atoms with Crippen molar-refractivity contribution in [3.8, 4) is 23.0 Å². The largest absolute Gasteiger partial charge is 0.493 e. The Kier molecular flexibility index (Phi) is 6.04. The van der Waals surface area contributed by atoms with Crippen LogP contribution in [-0.2, 0) is 13.1 Å². The van der Waals surface area contributed by atoms with Crippen molar-refractivity contribution >= 4 is 15.9 Å². The lowest BCUT2D eigenvalue weighted by atomic mass is 10.1. The third-order valence-electron chi connectivity index (χ3n) is 3.88. The number of hydrogen-bond donors (Lipinski definition) is 1. The zero-order valence-corrected chi connectivity index (χ0v) is 16.0. The highest BCUT2D eigenvalue weighted by molar-refractivity contribution is 9.10. The van der Waals surface area contributed by atoms with Crippen LogP contribution in [-0.4, -0.2) is 20.5 Å². The summed E-state index contributed by atoms with van der Waals surface area (Å²) in [4.78, 5) is 0. The van der Waals surface area contributed by atoms with Gasteiger partial charge in [0.15, 0.2) is 23.0 Å². The maximum absolute atomic E-state index is 5.73. The van der Waals surface area contributed by atoms with Gasteiger partial charge in [-0.1, -0.05) is 28.9 Å². The van der Waals surface area contributed by atoms with E-state index in [-0.39, 0.29) is 0 Å². The van der Waals surface area contributed by atoms with E-state index >= 15 is 0 Å². The smallest absolute Gasteiger partial charge is 0.231 e. The van der Waals surface area contributed by atoms with Crippen LogP contribution in [0, 0.1) is 0 Å². The molecule has 0 fully saturated rings. The van der Waals surface area contributed by atoms with Gasteiger partial charge in [0.05, 0.1) is 13.7 Å². The zero-order valence-electron chi connectivity index (χ0n) is 14.4. The first-order valence-corrected chi connectivity index (χ1v) is 9.09. The third-order valence-corrected chi connectivity index (χ3v) is 4.61. The van der Waals surface area contributed by atoms with E-state index in [9.17, 15) is 0 Å². The Bertz CT molecular complexity index is 736. The summed E-state index contributed by atoms with van der Waals surface area (Å²) in [6.07, 6.45) is 0.958. The first kappa shape index (κ1) is 17.9. The van der Waals surface area contributed by atoms with Crippen molar-refractivity contribution < 1.29 is 18.9 Å². The van der Waals surface area contributed by atoms with E-state index in [2.05, 4.69) is 28.2 Å². The summed E-state index contributed by atoms with van der Waals surface area (Å²) in [6, 6.07) is 9.95. The fourth-order valence-electron chi connectivity index (χ4n) is 2.59. The summed E-state index contributed by atoms with van der Waals surface area (Å²) < 4.78 is 22.9. The lowest BCUT2D eigenvalue weighted by molar-refractivity contribution is 0.174. The summed E-state index contributed by atoms with van der Waals surface area (Å²) in [5, 5.41) is 3.44. The summed E-state index contributed by atoms with van der Waals surface area (Å²) in [6.45, 7) is 4.49. The molecular formula is C19H22BrNO4. The second kappa shape index (κ2) is 8.45. The first-order chi connectivity index (χ1) is 12.2. The van der Waals surface area contributed by atoms with E-state index in [4.69, 9.17) is 18.9 Å². The monoisotopic (exact) mass is 407 g/mol. The van der Waals surface area contributed by atoms with Crippen molar-refractivity contribution in [3.63, 3.8) is 0 Å². The van der Waals surface area contributed by atoms with Gasteiger partial charge in [0.1, 0.15) is 0 Å². The molecule has 0 aromatic heterocycles. The molecule has 1 aliphatic heterocycles. The Morgan fingerprint density at radius 2 is 1.92 bits per heavy atom. The fourth-order valence-corrected chi connectivity index (χ4v) is 3.05. The van der Waals surface area contributed by atoms with Gasteiger partial charge in [0, 0.05) is 17.6 Å². The van der Waals surface area contributed by atoms with Crippen molar-refractivity contribution in [3.05, 3.63) is 45.9 Å². The van der Waals surface area contributed by atoms with Gasteiger partial charge in [-0.05, 0) is 41.8 Å². The summed E-state index contributed by atoms with van der Waals surface area (Å²) in [5.74, 6) is 3.12. The molecule has 2 aromatic rings. The predicted molar refractivity (Wildman–Crippen MR) is 99.6 cm³/mol. The Morgan fingerprint density at radius 3 is 2.72 bits per heavy atom. The van der Waals surface area contributed by atoms with Gasteiger partial charge in [-0.15, -0.1) is 0 Å². The van der Waals surface area contributed by atoms with Crippen LogP contribution in [0.1, 0.15) is 24.5 Å². The number of rotatable bonds is 8. The van der Waals surface area contributed by atoms with Crippen LogP contribution >= 0.6 is 15.9 Å². The van der Waals surface area contributed by atoms with E-state index in [1.54, 1.807) is 7.11 Å². The quantitative estimate of drug-likeness (QED) is 0.707. The Hall–Kier alpha value is -1.92. The molecule has 0 atom stereocenters. The molecule has 25 heavy (non-hydrogen) atoms. The molecule has 0 saturated heterocycles. The van der Waals surface area contributed by atoms with E-state index in [0.29, 0.717) is 19.9 Å². The molecule has 134 valence electrons. The minimum Gasteiger partial charge on any atom is -0.493 e. The van der Waals surface area contributed by atoms with Crippen LogP contribution < -0.4 is 24.3 Å². The van der Waals surface area contributed by atoms with Crippen LogP contribution in [0.4, 0.5) is 0 Å². The van der Waals surface area contributed by atoms with Crippen molar-refractivity contribution in [1.82, 2.24) is 5.32 Å². The average Bonchev–Trinajstić information content (AvgIpc) is 3.09. The molecule has 0 radical (unpaired) electrons. The fraction of sp³-hybridized carbons (Fsp3) is 0.368. The molecule has 1 heterocycles. The van der Waals surface area contributed by atoms with E-state index in [1.165, 1.54) is 0 Å². The number of nitrogens with one attached hydrogen (secondary N) is 1. The zero-order chi connectivity index (χ0) is 17.6. The topological polar surface area (TPSA) is 49.0 Å². The average molecular weight is 408 g/mol. The van der Waals surface area contributed by atoms with Gasteiger partial charge in [-0.2, -0.15) is 0 Å². The van der Waals surface area contributed by atoms with Crippen LogP contribution in [0.15, 0.2) is 34.8 Å². The highest BCUT2D eigenvalue weighted by Crippen LogP contribution is 2.34. The predicted octanol–water partition coefficient (Wildman–Crippen LogP) is 4.27. The van der Waals surface area contributed by atoms with Gasteiger partial charge in [0.25, 0.3) is 0 Å². The van der Waals surface area contributed by atoms with Crippen LogP contribution in [0.5, 0.6) is 23.0 Å². The number of ether oxygens (including phenoxy) is 4. The molecule has 0 bridgehead atoms. The molecule has 5 nitrogen and oxygen atoms in total. The molecule has 0 saturated carbocycles. The lowest BCUT2D eigenvalue weighted by Crippen LogP contribution is -2.13. The normalized spacial score (nSPS) is 12.3. The molecule has 3 rings (SSSR count). The second-order valence-electron chi connectivity index (χ2n) is 5.73. The second-order valence-corrected chi connectivity index (χ2v) is 6.59. The summed E-state index contributed by atoms with van der Waals surface area (Å²) in [5.41, 5.74) is 2.26.